The van der Waals surface area contributed by atoms with Crippen molar-refractivity contribution >= 4 is 11.8 Å². The van der Waals surface area contributed by atoms with Gasteiger partial charge in [0.1, 0.15) is 5.75 Å². The molecule has 5 nitrogen and oxygen atoms in total. The van der Waals surface area contributed by atoms with Crippen LogP contribution in [0.2, 0.25) is 0 Å². The van der Waals surface area contributed by atoms with E-state index in [1.807, 2.05) is 13.8 Å². The van der Waals surface area contributed by atoms with Crippen molar-refractivity contribution in [3.05, 3.63) is 29.3 Å². The van der Waals surface area contributed by atoms with Crippen LogP contribution in [0.15, 0.2) is 18.2 Å². The fourth-order valence-corrected chi connectivity index (χ4v) is 6.02. The van der Waals surface area contributed by atoms with E-state index in [0.717, 1.165) is 31.6 Å². The standard InChI is InChI=1S/C26H38N2O3/c1-26(2)17-24(29)28(25(30)18-26)15-7-5-4-6-14-27-16-13-20-19-9-8-10-23(31-3)21(19)11-12-22(20)27/h8-10,20,22H,4-7,11-18H2,1-3H3/t20-,22+/m1/s1. The molecular weight excluding hydrogens is 388 g/mol. The highest BCUT2D eigenvalue weighted by Crippen LogP contribution is 2.44. The molecular formula is C26H38N2O3. The van der Waals surface area contributed by atoms with Gasteiger partial charge in [0.15, 0.2) is 0 Å². The lowest BCUT2D eigenvalue weighted by Gasteiger charge is -2.34. The fourth-order valence-electron chi connectivity index (χ4n) is 6.02. The van der Waals surface area contributed by atoms with Gasteiger partial charge < -0.3 is 4.74 Å². The molecule has 0 unspecified atom stereocenters. The SMILES string of the molecule is COc1cccc2c1CC[C@H]1[C@@H]2CCN1CCCCCCN1C(=O)CC(C)(C)CC1=O. The maximum absolute atomic E-state index is 12.3. The Morgan fingerprint density at radius 3 is 2.42 bits per heavy atom. The average molecular weight is 427 g/mol. The molecule has 2 atom stereocenters. The zero-order chi connectivity index (χ0) is 22.0. The summed E-state index contributed by atoms with van der Waals surface area (Å²) in [5.41, 5.74) is 2.76. The molecule has 1 aliphatic carbocycles. The van der Waals surface area contributed by atoms with Crippen LogP contribution >= 0.6 is 0 Å². The van der Waals surface area contributed by atoms with Crippen molar-refractivity contribution in [2.24, 2.45) is 5.41 Å². The number of hydrogen-bond acceptors (Lipinski definition) is 4. The van der Waals surface area contributed by atoms with E-state index in [2.05, 4.69) is 23.1 Å². The molecule has 2 aliphatic heterocycles. The van der Waals surface area contributed by atoms with Crippen molar-refractivity contribution in [3.63, 3.8) is 0 Å². The number of carbonyl (C=O) groups is 2. The molecule has 0 radical (unpaired) electrons. The second kappa shape index (κ2) is 9.32. The zero-order valence-electron chi connectivity index (χ0n) is 19.5. The van der Waals surface area contributed by atoms with Gasteiger partial charge in [-0.05, 0) is 67.8 Å². The first-order valence-electron chi connectivity index (χ1n) is 12.1. The second-order valence-electron chi connectivity index (χ2n) is 10.4. The van der Waals surface area contributed by atoms with Gasteiger partial charge in [0.05, 0.1) is 7.11 Å². The minimum Gasteiger partial charge on any atom is -0.496 e. The molecule has 1 aromatic rings. The van der Waals surface area contributed by atoms with Gasteiger partial charge in [0, 0.05) is 31.3 Å². The van der Waals surface area contributed by atoms with Crippen molar-refractivity contribution < 1.29 is 14.3 Å². The maximum Gasteiger partial charge on any atom is 0.229 e. The average Bonchev–Trinajstić information content (AvgIpc) is 3.14. The summed E-state index contributed by atoms with van der Waals surface area (Å²) in [5, 5.41) is 0. The number of likely N-dealkylation sites (tertiary alicyclic amines) is 2. The second-order valence-corrected chi connectivity index (χ2v) is 10.4. The summed E-state index contributed by atoms with van der Waals surface area (Å²) in [6, 6.07) is 7.22. The number of piperidine rings is 1. The number of fused-ring (bicyclic) bond motifs is 3. The number of imide groups is 1. The lowest BCUT2D eigenvalue weighted by molar-refractivity contribution is -0.152. The lowest BCUT2D eigenvalue weighted by atomic mass is 9.79. The summed E-state index contributed by atoms with van der Waals surface area (Å²) in [4.78, 5) is 28.7. The molecule has 0 saturated carbocycles. The summed E-state index contributed by atoms with van der Waals surface area (Å²) in [6.07, 6.45) is 8.96. The van der Waals surface area contributed by atoms with Gasteiger partial charge in [-0.1, -0.05) is 38.8 Å². The summed E-state index contributed by atoms with van der Waals surface area (Å²) in [5.74, 6) is 1.74. The minimum atomic E-state index is -0.178. The molecule has 0 spiro atoms. The van der Waals surface area contributed by atoms with Crippen molar-refractivity contribution in [3.8, 4) is 5.75 Å². The van der Waals surface area contributed by atoms with Crippen molar-refractivity contribution in [1.29, 1.82) is 0 Å². The predicted octanol–water partition coefficient (Wildman–Crippen LogP) is 4.53. The third-order valence-corrected chi connectivity index (χ3v) is 7.58. The van der Waals surface area contributed by atoms with Crippen LogP contribution in [-0.4, -0.2) is 54.4 Å². The third kappa shape index (κ3) is 4.82. The monoisotopic (exact) mass is 426 g/mol. The Balaban J connectivity index is 1.19. The first-order valence-corrected chi connectivity index (χ1v) is 12.1. The van der Waals surface area contributed by atoms with Gasteiger partial charge in [-0.3, -0.25) is 19.4 Å². The van der Waals surface area contributed by atoms with E-state index in [4.69, 9.17) is 4.74 Å². The topological polar surface area (TPSA) is 49.9 Å². The number of methoxy groups -OCH3 is 1. The molecule has 0 bridgehead atoms. The molecule has 0 aromatic heterocycles. The Morgan fingerprint density at radius 2 is 1.71 bits per heavy atom. The van der Waals surface area contributed by atoms with Crippen LogP contribution in [0.25, 0.3) is 0 Å². The Morgan fingerprint density at radius 1 is 1.00 bits per heavy atom. The number of benzene rings is 1. The van der Waals surface area contributed by atoms with Gasteiger partial charge in [-0.2, -0.15) is 0 Å². The van der Waals surface area contributed by atoms with Crippen molar-refractivity contribution in [1.82, 2.24) is 9.80 Å². The minimum absolute atomic E-state index is 0.0126. The molecule has 31 heavy (non-hydrogen) atoms. The van der Waals surface area contributed by atoms with Gasteiger partial charge >= 0.3 is 0 Å². The number of ether oxygens (including phenoxy) is 1. The number of rotatable bonds is 8. The number of unbranched alkanes of at least 4 members (excludes halogenated alkanes) is 3. The van der Waals surface area contributed by atoms with Crippen LogP contribution in [0.3, 0.4) is 0 Å². The Hall–Kier alpha value is -1.88. The van der Waals surface area contributed by atoms with E-state index in [1.54, 1.807) is 7.11 Å². The smallest absolute Gasteiger partial charge is 0.229 e. The third-order valence-electron chi connectivity index (χ3n) is 7.58. The van der Waals surface area contributed by atoms with E-state index < -0.39 is 0 Å². The summed E-state index contributed by atoms with van der Waals surface area (Å²) in [6.45, 7) is 6.96. The largest absolute Gasteiger partial charge is 0.496 e. The molecule has 2 fully saturated rings. The van der Waals surface area contributed by atoms with E-state index in [-0.39, 0.29) is 17.2 Å². The van der Waals surface area contributed by atoms with Crippen LogP contribution in [0, 0.1) is 5.41 Å². The highest BCUT2D eigenvalue weighted by atomic mass is 16.5. The van der Waals surface area contributed by atoms with Crippen molar-refractivity contribution in [2.75, 3.05) is 26.7 Å². The van der Waals surface area contributed by atoms with E-state index in [9.17, 15) is 9.59 Å². The van der Waals surface area contributed by atoms with Gasteiger partial charge in [0.2, 0.25) is 11.8 Å². The molecule has 2 heterocycles. The lowest BCUT2D eigenvalue weighted by Crippen LogP contribution is -2.46. The molecule has 2 amide bonds. The summed E-state index contributed by atoms with van der Waals surface area (Å²) < 4.78 is 5.60. The van der Waals surface area contributed by atoms with Crippen LogP contribution in [-0.2, 0) is 16.0 Å². The fraction of sp³-hybridized carbons (Fsp3) is 0.692. The Kier molecular flexibility index (Phi) is 6.71. The van der Waals surface area contributed by atoms with Gasteiger partial charge in [0.25, 0.3) is 0 Å². The Bertz CT molecular complexity index is 799. The molecule has 4 rings (SSSR count). The number of amides is 2. The molecule has 1 aromatic carbocycles. The van der Waals surface area contributed by atoms with Gasteiger partial charge in [-0.25, -0.2) is 0 Å². The molecule has 2 saturated heterocycles. The number of hydrogen-bond donors (Lipinski definition) is 0. The van der Waals surface area contributed by atoms with E-state index in [0.29, 0.717) is 31.3 Å². The zero-order valence-corrected chi connectivity index (χ0v) is 19.5. The van der Waals surface area contributed by atoms with Crippen molar-refractivity contribution in [2.45, 2.75) is 83.6 Å². The van der Waals surface area contributed by atoms with Crippen LogP contribution in [0.5, 0.6) is 5.75 Å². The van der Waals surface area contributed by atoms with E-state index >= 15 is 0 Å². The first-order chi connectivity index (χ1) is 14.9. The molecule has 3 aliphatic rings. The van der Waals surface area contributed by atoms with Crippen LogP contribution < -0.4 is 4.74 Å². The molecule has 0 N–H and O–H groups in total. The first kappa shape index (κ1) is 22.3. The van der Waals surface area contributed by atoms with E-state index in [1.165, 1.54) is 48.3 Å². The number of nitrogens with zero attached hydrogens (tertiary/aromatic N) is 2. The van der Waals surface area contributed by atoms with Crippen LogP contribution in [0.4, 0.5) is 0 Å². The molecule has 5 heteroatoms. The maximum atomic E-state index is 12.3. The quantitative estimate of drug-likeness (QED) is 0.452. The number of carbonyl (C=O) groups excluding carboxylic acids is 2. The van der Waals surface area contributed by atoms with Crippen LogP contribution in [0.1, 0.15) is 82.3 Å². The Labute approximate surface area is 187 Å². The highest BCUT2D eigenvalue weighted by molar-refractivity contribution is 5.98. The summed E-state index contributed by atoms with van der Waals surface area (Å²) in [7, 11) is 1.78. The molecule has 170 valence electrons. The summed E-state index contributed by atoms with van der Waals surface area (Å²) >= 11 is 0. The normalized spacial score (nSPS) is 25.5. The van der Waals surface area contributed by atoms with Gasteiger partial charge in [-0.15, -0.1) is 0 Å². The predicted molar refractivity (Wildman–Crippen MR) is 122 cm³/mol. The highest BCUT2D eigenvalue weighted by Gasteiger charge is 2.39.